The summed E-state index contributed by atoms with van der Waals surface area (Å²) in [6.45, 7) is 2.62. The van der Waals surface area contributed by atoms with Gasteiger partial charge in [0, 0.05) is 34.8 Å². The van der Waals surface area contributed by atoms with Crippen molar-refractivity contribution in [1.82, 2.24) is 10.4 Å². The van der Waals surface area contributed by atoms with Gasteiger partial charge < -0.3 is 4.74 Å². The maximum atomic E-state index is 11.7. The molecule has 1 fully saturated rings. The fourth-order valence-corrected chi connectivity index (χ4v) is 2.22. The lowest BCUT2D eigenvalue weighted by molar-refractivity contribution is -0.123. The van der Waals surface area contributed by atoms with E-state index < -0.39 is 0 Å². The minimum Gasteiger partial charge on any atom is -0.379 e. The monoisotopic (exact) mass is 300 g/mol. The summed E-state index contributed by atoms with van der Waals surface area (Å²) in [6.07, 6.45) is 3.03. The van der Waals surface area contributed by atoms with Crippen LogP contribution in [0.5, 0.6) is 0 Å². The van der Waals surface area contributed by atoms with Crippen LogP contribution in [-0.2, 0) is 9.53 Å². The number of ether oxygens (including phenoxy) is 1. The van der Waals surface area contributed by atoms with Gasteiger partial charge in [0.15, 0.2) is 0 Å². The van der Waals surface area contributed by atoms with Crippen LogP contribution in [0.4, 0.5) is 0 Å². The highest BCUT2D eigenvalue weighted by atomic mass is 35.5. The Bertz CT molecular complexity index is 465. The Kier molecular flexibility index (Phi) is 5.22. The first-order chi connectivity index (χ1) is 9.16. The van der Waals surface area contributed by atoms with E-state index in [0.29, 0.717) is 41.9 Å². The van der Waals surface area contributed by atoms with Crippen LogP contribution in [-0.4, -0.2) is 37.2 Å². The number of carbonyl (C=O) groups excluding carboxylic acids is 1. The Morgan fingerprint density at radius 3 is 2.53 bits per heavy atom. The van der Waals surface area contributed by atoms with E-state index in [1.165, 1.54) is 6.08 Å². The van der Waals surface area contributed by atoms with Gasteiger partial charge in [0.25, 0.3) is 5.91 Å². The molecule has 2 rings (SSSR count). The van der Waals surface area contributed by atoms with Crippen molar-refractivity contribution in [3.8, 4) is 0 Å². The summed E-state index contributed by atoms with van der Waals surface area (Å²) in [5.74, 6) is -0.210. The minimum atomic E-state index is -0.210. The lowest BCUT2D eigenvalue weighted by Gasteiger charge is -2.26. The van der Waals surface area contributed by atoms with Crippen molar-refractivity contribution >= 4 is 35.2 Å². The van der Waals surface area contributed by atoms with Crippen molar-refractivity contribution in [2.24, 2.45) is 0 Å². The zero-order chi connectivity index (χ0) is 13.7. The third-order valence-corrected chi connectivity index (χ3v) is 3.34. The summed E-state index contributed by atoms with van der Waals surface area (Å²) in [7, 11) is 0. The molecule has 1 N–H and O–H groups in total. The molecule has 0 atom stereocenters. The van der Waals surface area contributed by atoms with Gasteiger partial charge >= 0.3 is 0 Å². The minimum absolute atomic E-state index is 0.210. The lowest BCUT2D eigenvalue weighted by atomic mass is 10.2. The van der Waals surface area contributed by atoms with E-state index in [-0.39, 0.29) is 5.91 Å². The van der Waals surface area contributed by atoms with Crippen molar-refractivity contribution in [2.45, 2.75) is 0 Å². The van der Waals surface area contributed by atoms with Crippen molar-refractivity contribution in [3.05, 3.63) is 39.9 Å². The molecule has 0 spiro atoms. The third-order valence-electron chi connectivity index (χ3n) is 2.68. The van der Waals surface area contributed by atoms with E-state index in [9.17, 15) is 4.79 Å². The Labute approximate surface area is 121 Å². The summed E-state index contributed by atoms with van der Waals surface area (Å²) in [6, 6.07) is 5.22. The highest BCUT2D eigenvalue weighted by Gasteiger charge is 2.11. The number of nitrogens with one attached hydrogen (secondary N) is 1. The molecule has 4 nitrogen and oxygen atoms in total. The van der Waals surface area contributed by atoms with Crippen molar-refractivity contribution in [2.75, 3.05) is 26.3 Å². The third kappa shape index (κ3) is 4.21. The zero-order valence-corrected chi connectivity index (χ0v) is 11.7. The first kappa shape index (κ1) is 14.3. The van der Waals surface area contributed by atoms with Gasteiger partial charge in [-0.25, -0.2) is 5.01 Å². The van der Waals surface area contributed by atoms with Gasteiger partial charge in [-0.15, -0.1) is 0 Å². The summed E-state index contributed by atoms with van der Waals surface area (Å²) >= 11 is 12.0. The van der Waals surface area contributed by atoms with Gasteiger partial charge in [-0.1, -0.05) is 29.3 Å². The number of nitrogens with zero attached hydrogens (tertiary/aromatic N) is 1. The van der Waals surface area contributed by atoms with Gasteiger partial charge in [0.05, 0.1) is 13.2 Å². The van der Waals surface area contributed by atoms with E-state index >= 15 is 0 Å². The largest absolute Gasteiger partial charge is 0.379 e. The lowest BCUT2D eigenvalue weighted by Crippen LogP contribution is -2.47. The van der Waals surface area contributed by atoms with Crippen LogP contribution in [0.3, 0.4) is 0 Å². The van der Waals surface area contributed by atoms with Crippen LogP contribution in [0.15, 0.2) is 24.3 Å². The number of morpholine rings is 1. The van der Waals surface area contributed by atoms with Crippen LogP contribution in [0.2, 0.25) is 10.0 Å². The average Bonchev–Trinajstić information content (AvgIpc) is 2.39. The normalized spacial score (nSPS) is 16.7. The van der Waals surface area contributed by atoms with Crippen molar-refractivity contribution < 1.29 is 9.53 Å². The topological polar surface area (TPSA) is 41.6 Å². The Morgan fingerprint density at radius 1 is 1.26 bits per heavy atom. The second-order valence-corrected chi connectivity index (χ2v) is 4.86. The van der Waals surface area contributed by atoms with E-state index in [2.05, 4.69) is 5.43 Å². The number of hydrogen-bond donors (Lipinski definition) is 1. The SMILES string of the molecule is O=C(C=Cc1c(Cl)cccc1Cl)NN1CCOCC1. The molecule has 1 aromatic carbocycles. The van der Waals surface area contributed by atoms with Gasteiger partial charge in [-0.2, -0.15) is 0 Å². The first-order valence-corrected chi connectivity index (χ1v) is 6.68. The highest BCUT2D eigenvalue weighted by molar-refractivity contribution is 6.37. The summed E-state index contributed by atoms with van der Waals surface area (Å²) in [5.41, 5.74) is 3.41. The molecule has 1 aromatic rings. The molecule has 0 unspecified atom stereocenters. The molecule has 0 saturated carbocycles. The Morgan fingerprint density at radius 2 is 1.89 bits per heavy atom. The van der Waals surface area contributed by atoms with Crippen LogP contribution in [0.25, 0.3) is 6.08 Å². The number of benzene rings is 1. The molecule has 1 aliphatic rings. The van der Waals surface area contributed by atoms with E-state index in [1.807, 2.05) is 5.01 Å². The van der Waals surface area contributed by atoms with Gasteiger partial charge in [0.2, 0.25) is 0 Å². The molecule has 0 aromatic heterocycles. The molecule has 1 saturated heterocycles. The zero-order valence-electron chi connectivity index (χ0n) is 10.2. The molecule has 1 aliphatic heterocycles. The molecule has 0 bridgehead atoms. The molecular weight excluding hydrogens is 287 g/mol. The van der Waals surface area contributed by atoms with E-state index in [0.717, 1.165) is 0 Å². The maximum absolute atomic E-state index is 11.7. The van der Waals surface area contributed by atoms with Gasteiger partial charge in [-0.05, 0) is 18.2 Å². The number of halogens is 2. The highest BCUT2D eigenvalue weighted by Crippen LogP contribution is 2.25. The molecule has 0 aliphatic carbocycles. The first-order valence-electron chi connectivity index (χ1n) is 5.92. The molecular formula is C13H14Cl2N2O2. The fraction of sp³-hybridized carbons (Fsp3) is 0.308. The summed E-state index contributed by atoms with van der Waals surface area (Å²) < 4.78 is 5.20. The van der Waals surface area contributed by atoms with E-state index in [4.69, 9.17) is 27.9 Å². The number of amides is 1. The summed E-state index contributed by atoms with van der Waals surface area (Å²) in [4.78, 5) is 11.7. The molecule has 1 heterocycles. The van der Waals surface area contributed by atoms with Crippen molar-refractivity contribution in [3.63, 3.8) is 0 Å². The standard InChI is InChI=1S/C13H14Cl2N2O2/c14-11-2-1-3-12(15)10(11)4-5-13(18)16-17-6-8-19-9-7-17/h1-5H,6-9H2,(H,16,18). The molecule has 102 valence electrons. The van der Waals surface area contributed by atoms with Crippen molar-refractivity contribution in [1.29, 1.82) is 0 Å². The van der Waals surface area contributed by atoms with E-state index in [1.54, 1.807) is 24.3 Å². The second-order valence-electron chi connectivity index (χ2n) is 4.04. The molecule has 19 heavy (non-hydrogen) atoms. The maximum Gasteiger partial charge on any atom is 0.258 e. The quantitative estimate of drug-likeness (QED) is 0.872. The second kappa shape index (κ2) is 6.91. The van der Waals surface area contributed by atoms with Gasteiger partial charge in [0.1, 0.15) is 0 Å². The number of rotatable bonds is 3. The fourth-order valence-electron chi connectivity index (χ4n) is 1.70. The molecule has 6 heteroatoms. The smallest absolute Gasteiger partial charge is 0.258 e. The van der Waals surface area contributed by atoms with Crippen LogP contribution in [0.1, 0.15) is 5.56 Å². The number of hydrogen-bond acceptors (Lipinski definition) is 3. The Hall–Kier alpha value is -1.07. The number of carbonyl (C=O) groups is 1. The number of hydrazine groups is 1. The average molecular weight is 301 g/mol. The molecule has 1 amide bonds. The van der Waals surface area contributed by atoms with Crippen LogP contribution in [0, 0.1) is 0 Å². The van der Waals surface area contributed by atoms with Crippen LogP contribution < -0.4 is 5.43 Å². The predicted octanol–water partition coefficient (Wildman–Crippen LogP) is 2.37. The molecule has 0 radical (unpaired) electrons. The summed E-state index contributed by atoms with van der Waals surface area (Å²) in [5, 5.41) is 2.86. The van der Waals surface area contributed by atoms with Gasteiger partial charge in [-0.3, -0.25) is 10.2 Å². The van der Waals surface area contributed by atoms with Crippen LogP contribution >= 0.6 is 23.2 Å². The Balaban J connectivity index is 1.96. The predicted molar refractivity (Wildman–Crippen MR) is 76.0 cm³/mol.